The van der Waals surface area contributed by atoms with Crippen LogP contribution in [0, 0.1) is 11.3 Å². The van der Waals surface area contributed by atoms with Crippen molar-refractivity contribution in [3.63, 3.8) is 0 Å². The lowest BCUT2D eigenvalue weighted by Gasteiger charge is -2.28. The Hall–Kier alpha value is -1.34. The van der Waals surface area contributed by atoms with Crippen LogP contribution in [0.1, 0.15) is 42.0 Å². The summed E-state index contributed by atoms with van der Waals surface area (Å²) in [4.78, 5) is 15.8. The van der Waals surface area contributed by atoms with Crippen LogP contribution in [0.3, 0.4) is 0 Å². The minimum Gasteiger partial charge on any atom is -0.326 e. The minimum atomic E-state index is -0.193. The van der Waals surface area contributed by atoms with Crippen LogP contribution in [-0.4, -0.2) is 23.4 Å². The second-order valence-electron chi connectivity index (χ2n) is 5.06. The van der Waals surface area contributed by atoms with Crippen molar-refractivity contribution in [2.24, 2.45) is 0 Å². The van der Waals surface area contributed by atoms with E-state index in [2.05, 4.69) is 17.5 Å². The average Bonchev–Trinajstić information content (AvgIpc) is 3.05. The fourth-order valence-corrected chi connectivity index (χ4v) is 4.10. The number of hydrogen-bond donors (Lipinski definition) is 0. The molecule has 2 heterocycles. The highest BCUT2D eigenvalue weighted by atomic mass is 32.1. The van der Waals surface area contributed by atoms with Crippen LogP contribution in [0.25, 0.3) is 0 Å². The SMILES string of the molecule is N#CC1CCCN1C(=O)C1CCCc2sccc21. The number of carbonyl (C=O) groups excluding carboxylic acids is 1. The van der Waals surface area contributed by atoms with Gasteiger partial charge in [-0.1, -0.05) is 0 Å². The van der Waals surface area contributed by atoms with Crippen LogP contribution in [0.4, 0.5) is 0 Å². The molecule has 0 radical (unpaired) electrons. The molecular weight excluding hydrogens is 244 g/mol. The zero-order valence-corrected chi connectivity index (χ0v) is 11.1. The molecular formula is C14H16N2OS. The Morgan fingerprint density at radius 2 is 2.33 bits per heavy atom. The largest absolute Gasteiger partial charge is 0.326 e. The van der Waals surface area contributed by atoms with E-state index < -0.39 is 0 Å². The zero-order chi connectivity index (χ0) is 12.5. The Kier molecular flexibility index (Phi) is 3.09. The molecule has 1 fully saturated rings. The van der Waals surface area contributed by atoms with E-state index in [1.165, 1.54) is 10.4 Å². The monoisotopic (exact) mass is 260 g/mol. The number of fused-ring (bicyclic) bond motifs is 1. The number of amides is 1. The maximum Gasteiger partial charge on any atom is 0.231 e. The van der Waals surface area contributed by atoms with Crippen LogP contribution < -0.4 is 0 Å². The molecule has 1 aliphatic heterocycles. The molecule has 2 atom stereocenters. The summed E-state index contributed by atoms with van der Waals surface area (Å²) < 4.78 is 0. The second kappa shape index (κ2) is 4.74. The molecule has 94 valence electrons. The number of nitrogens with zero attached hydrogens (tertiary/aromatic N) is 2. The van der Waals surface area contributed by atoms with E-state index in [0.29, 0.717) is 0 Å². The fourth-order valence-electron chi connectivity index (χ4n) is 3.11. The maximum atomic E-state index is 12.6. The third-order valence-corrected chi connectivity index (χ3v) is 5.03. The van der Waals surface area contributed by atoms with Crippen molar-refractivity contribution in [3.05, 3.63) is 21.9 Å². The van der Waals surface area contributed by atoms with Gasteiger partial charge >= 0.3 is 0 Å². The molecule has 1 amide bonds. The van der Waals surface area contributed by atoms with Crippen molar-refractivity contribution in [2.45, 2.75) is 44.1 Å². The van der Waals surface area contributed by atoms with Gasteiger partial charge < -0.3 is 4.90 Å². The van der Waals surface area contributed by atoms with Crippen LogP contribution >= 0.6 is 11.3 Å². The van der Waals surface area contributed by atoms with Crippen molar-refractivity contribution in [2.75, 3.05) is 6.54 Å². The second-order valence-corrected chi connectivity index (χ2v) is 6.06. The molecule has 18 heavy (non-hydrogen) atoms. The number of carbonyl (C=O) groups is 1. The summed E-state index contributed by atoms with van der Waals surface area (Å²) in [6.07, 6.45) is 4.95. The molecule has 2 aliphatic rings. The lowest BCUT2D eigenvalue weighted by atomic mass is 9.86. The van der Waals surface area contributed by atoms with Gasteiger partial charge in [0, 0.05) is 11.4 Å². The van der Waals surface area contributed by atoms with E-state index in [9.17, 15) is 4.79 Å². The average molecular weight is 260 g/mol. The van der Waals surface area contributed by atoms with Gasteiger partial charge in [-0.15, -0.1) is 11.3 Å². The molecule has 0 spiro atoms. The number of hydrogen-bond acceptors (Lipinski definition) is 3. The normalized spacial score (nSPS) is 26.7. The summed E-state index contributed by atoms with van der Waals surface area (Å²) in [7, 11) is 0. The van der Waals surface area contributed by atoms with Gasteiger partial charge in [0.05, 0.1) is 12.0 Å². The first-order valence-electron chi connectivity index (χ1n) is 6.57. The predicted molar refractivity (Wildman–Crippen MR) is 70.3 cm³/mol. The zero-order valence-electron chi connectivity index (χ0n) is 10.3. The molecule has 0 bridgehead atoms. The molecule has 1 saturated heterocycles. The van der Waals surface area contributed by atoms with Gasteiger partial charge in [0.25, 0.3) is 0 Å². The Morgan fingerprint density at radius 1 is 1.44 bits per heavy atom. The van der Waals surface area contributed by atoms with E-state index in [-0.39, 0.29) is 17.9 Å². The van der Waals surface area contributed by atoms with E-state index in [1.807, 2.05) is 0 Å². The van der Waals surface area contributed by atoms with Crippen molar-refractivity contribution in [1.82, 2.24) is 4.90 Å². The summed E-state index contributed by atoms with van der Waals surface area (Å²) in [5.74, 6) is 0.187. The lowest BCUT2D eigenvalue weighted by molar-refractivity contribution is -0.133. The Morgan fingerprint density at radius 3 is 3.17 bits per heavy atom. The van der Waals surface area contributed by atoms with Gasteiger partial charge in [-0.05, 0) is 49.1 Å². The first-order chi connectivity index (χ1) is 8.81. The van der Waals surface area contributed by atoms with Gasteiger partial charge in [-0.3, -0.25) is 4.79 Å². The molecule has 3 nitrogen and oxygen atoms in total. The molecule has 1 aliphatic carbocycles. The highest BCUT2D eigenvalue weighted by Crippen LogP contribution is 2.37. The van der Waals surface area contributed by atoms with Crippen molar-refractivity contribution < 1.29 is 4.79 Å². The Bertz CT molecular complexity index is 502. The van der Waals surface area contributed by atoms with Gasteiger partial charge in [-0.2, -0.15) is 5.26 Å². The molecule has 1 aromatic heterocycles. The first-order valence-corrected chi connectivity index (χ1v) is 7.45. The van der Waals surface area contributed by atoms with E-state index in [1.54, 1.807) is 16.2 Å². The summed E-state index contributed by atoms with van der Waals surface area (Å²) >= 11 is 1.76. The van der Waals surface area contributed by atoms with Gasteiger partial charge in [0.2, 0.25) is 5.91 Å². The third kappa shape index (κ3) is 1.83. The summed E-state index contributed by atoms with van der Waals surface area (Å²) in [5.41, 5.74) is 1.22. The lowest BCUT2D eigenvalue weighted by Crippen LogP contribution is -2.38. The minimum absolute atomic E-state index is 0.00829. The van der Waals surface area contributed by atoms with E-state index in [0.717, 1.165) is 38.6 Å². The van der Waals surface area contributed by atoms with E-state index in [4.69, 9.17) is 5.26 Å². The molecule has 0 N–H and O–H groups in total. The van der Waals surface area contributed by atoms with E-state index >= 15 is 0 Å². The van der Waals surface area contributed by atoms with Crippen LogP contribution in [0.5, 0.6) is 0 Å². The summed E-state index contributed by atoms with van der Waals surface area (Å²) in [5, 5.41) is 11.2. The fraction of sp³-hybridized carbons (Fsp3) is 0.571. The van der Waals surface area contributed by atoms with Crippen LogP contribution in [0.15, 0.2) is 11.4 Å². The molecule has 4 heteroatoms. The first kappa shape index (κ1) is 11.7. The Labute approximate surface area is 111 Å². The standard InChI is InChI=1S/C14H16N2OS/c15-9-10-3-2-7-16(10)14(17)12-4-1-5-13-11(12)6-8-18-13/h6,8,10,12H,1-5,7H2. The number of aryl methyl sites for hydroxylation is 1. The van der Waals surface area contributed by atoms with Crippen molar-refractivity contribution >= 4 is 17.2 Å². The molecule has 3 rings (SSSR count). The molecule has 1 aromatic rings. The maximum absolute atomic E-state index is 12.6. The predicted octanol–water partition coefficient (Wildman–Crippen LogP) is 2.68. The number of nitriles is 1. The smallest absolute Gasteiger partial charge is 0.231 e. The quantitative estimate of drug-likeness (QED) is 0.779. The topological polar surface area (TPSA) is 44.1 Å². The van der Waals surface area contributed by atoms with Crippen LogP contribution in [-0.2, 0) is 11.2 Å². The van der Waals surface area contributed by atoms with Crippen LogP contribution in [0.2, 0.25) is 0 Å². The summed E-state index contributed by atoms with van der Waals surface area (Å²) in [6.45, 7) is 0.757. The Balaban J connectivity index is 1.85. The third-order valence-electron chi connectivity index (χ3n) is 4.03. The van der Waals surface area contributed by atoms with Gasteiger partial charge in [0.15, 0.2) is 0 Å². The molecule has 2 unspecified atom stereocenters. The van der Waals surface area contributed by atoms with Gasteiger partial charge in [-0.25, -0.2) is 0 Å². The molecule has 0 aromatic carbocycles. The van der Waals surface area contributed by atoms with Gasteiger partial charge in [0.1, 0.15) is 6.04 Å². The van der Waals surface area contributed by atoms with Crippen molar-refractivity contribution in [1.29, 1.82) is 5.26 Å². The highest BCUT2D eigenvalue weighted by Gasteiger charge is 2.35. The summed E-state index contributed by atoms with van der Waals surface area (Å²) in [6, 6.07) is 4.16. The number of likely N-dealkylation sites (tertiary alicyclic amines) is 1. The highest BCUT2D eigenvalue weighted by molar-refractivity contribution is 7.10. The number of rotatable bonds is 1. The number of thiophene rings is 1. The molecule has 0 saturated carbocycles. The van der Waals surface area contributed by atoms with Crippen molar-refractivity contribution in [3.8, 4) is 6.07 Å².